The van der Waals surface area contributed by atoms with Crippen molar-refractivity contribution in [2.75, 3.05) is 26.4 Å². The highest BCUT2D eigenvalue weighted by atomic mass is 16.5. The lowest BCUT2D eigenvalue weighted by Gasteiger charge is -2.21. The number of fused-ring (bicyclic) bond motifs is 8. The molecule has 0 spiro atoms. The summed E-state index contributed by atoms with van der Waals surface area (Å²) in [5.41, 5.74) is 0.846. The Hall–Kier alpha value is -3.86. The van der Waals surface area contributed by atoms with Crippen LogP contribution in [0, 0.1) is 6.92 Å². The summed E-state index contributed by atoms with van der Waals surface area (Å²) in [7, 11) is 0. The van der Waals surface area contributed by atoms with Gasteiger partial charge in [0.1, 0.15) is 17.2 Å². The molecule has 1 N–H and O–H groups in total. The summed E-state index contributed by atoms with van der Waals surface area (Å²) in [6.07, 6.45) is 18.3. The number of hydrogen-bond acceptors (Lipinski definition) is 5. The van der Waals surface area contributed by atoms with Crippen molar-refractivity contribution in [3.63, 3.8) is 0 Å². The molecule has 5 heteroatoms. The Kier molecular flexibility index (Phi) is 15.4. The van der Waals surface area contributed by atoms with Crippen LogP contribution < -0.4 is 18.9 Å². The zero-order chi connectivity index (χ0) is 36.7. The van der Waals surface area contributed by atoms with Crippen LogP contribution >= 0.6 is 0 Å². The van der Waals surface area contributed by atoms with E-state index in [1.165, 1.54) is 51.4 Å². The molecule has 0 fully saturated rings. The van der Waals surface area contributed by atoms with E-state index in [2.05, 4.69) is 70.2 Å². The van der Waals surface area contributed by atoms with Gasteiger partial charge < -0.3 is 24.1 Å². The van der Waals surface area contributed by atoms with Crippen molar-refractivity contribution in [3.8, 4) is 28.7 Å². The second-order valence-electron chi connectivity index (χ2n) is 14.6. The molecule has 0 aromatic heterocycles. The van der Waals surface area contributed by atoms with E-state index in [4.69, 9.17) is 18.9 Å². The third-order valence-electron chi connectivity index (χ3n) is 10.4. The van der Waals surface area contributed by atoms with Gasteiger partial charge in [-0.2, -0.15) is 0 Å². The van der Waals surface area contributed by atoms with Crippen LogP contribution in [0.3, 0.4) is 0 Å². The Morgan fingerprint density at radius 3 is 1.35 bits per heavy atom. The third kappa shape index (κ3) is 9.76. The van der Waals surface area contributed by atoms with E-state index < -0.39 is 0 Å². The van der Waals surface area contributed by atoms with Gasteiger partial charge in [-0.25, -0.2) is 0 Å². The summed E-state index contributed by atoms with van der Waals surface area (Å²) in [6.45, 7) is 13.6. The third-order valence-corrected chi connectivity index (χ3v) is 10.4. The Balaban J connectivity index is 1.73. The molecule has 0 heterocycles. The van der Waals surface area contributed by atoms with Gasteiger partial charge in [-0.15, -0.1) is 0 Å². The summed E-state index contributed by atoms with van der Waals surface area (Å²) in [4.78, 5) is 0. The lowest BCUT2D eigenvalue weighted by Crippen LogP contribution is -2.04. The first-order valence-electron chi connectivity index (χ1n) is 20.7. The minimum Gasteiger partial charge on any atom is -0.508 e. The van der Waals surface area contributed by atoms with Gasteiger partial charge in [-0.1, -0.05) is 117 Å². The molecule has 0 unspecified atom stereocenters. The number of phenolic OH excluding ortho intramolecular Hbond substituents is 1. The number of rotatable bonds is 24. The molecule has 0 aliphatic heterocycles. The summed E-state index contributed by atoms with van der Waals surface area (Å²) >= 11 is 0. The van der Waals surface area contributed by atoms with Gasteiger partial charge in [0.25, 0.3) is 0 Å². The van der Waals surface area contributed by atoms with Crippen LogP contribution in [0.1, 0.15) is 136 Å². The van der Waals surface area contributed by atoms with E-state index in [1.54, 1.807) is 0 Å². The number of benzene rings is 5. The van der Waals surface area contributed by atoms with Crippen molar-refractivity contribution in [1.29, 1.82) is 0 Å². The van der Waals surface area contributed by atoms with Crippen LogP contribution in [0.5, 0.6) is 28.7 Å². The maximum Gasteiger partial charge on any atom is 0.161 e. The van der Waals surface area contributed by atoms with Gasteiger partial charge in [-0.05, 0) is 112 Å². The molecule has 5 nitrogen and oxygen atoms in total. The average molecular weight is 709 g/mol. The molecular weight excluding hydrogens is 645 g/mol. The molecule has 0 amide bonds. The molecule has 5 rings (SSSR count). The predicted octanol–water partition coefficient (Wildman–Crippen LogP) is 14.1. The van der Waals surface area contributed by atoms with Crippen molar-refractivity contribution in [3.05, 3.63) is 54.1 Å². The van der Waals surface area contributed by atoms with Crippen LogP contribution in [0.15, 0.2) is 48.5 Å². The van der Waals surface area contributed by atoms with Crippen LogP contribution in [0.4, 0.5) is 0 Å². The molecule has 0 aliphatic carbocycles. The summed E-state index contributed by atoms with van der Waals surface area (Å²) in [5, 5.41) is 19.7. The highest BCUT2D eigenvalue weighted by Gasteiger charge is 2.21. The van der Waals surface area contributed by atoms with Gasteiger partial charge in [-0.3, -0.25) is 0 Å². The number of aryl methyl sites for hydroxylation is 1. The Bertz CT molecular complexity index is 1880. The lowest BCUT2D eigenvalue weighted by atomic mass is 9.89. The molecule has 0 saturated heterocycles. The van der Waals surface area contributed by atoms with Gasteiger partial charge >= 0.3 is 0 Å². The fourth-order valence-electron chi connectivity index (χ4n) is 7.35. The van der Waals surface area contributed by atoms with Crippen molar-refractivity contribution in [2.24, 2.45) is 0 Å². The summed E-state index contributed by atoms with van der Waals surface area (Å²) < 4.78 is 26.4. The number of ether oxygens (including phenoxy) is 4. The van der Waals surface area contributed by atoms with E-state index >= 15 is 0 Å². The van der Waals surface area contributed by atoms with Crippen LogP contribution in [0.25, 0.3) is 43.1 Å². The molecular formula is C47H64O5. The molecule has 0 atom stereocenters. The second-order valence-corrected chi connectivity index (χ2v) is 14.6. The molecule has 0 bridgehead atoms. The quantitative estimate of drug-likeness (QED) is 0.0511. The van der Waals surface area contributed by atoms with E-state index in [0.717, 1.165) is 123 Å². The number of hydrogen-bond donors (Lipinski definition) is 1. The first-order valence-corrected chi connectivity index (χ1v) is 20.7. The van der Waals surface area contributed by atoms with E-state index in [-0.39, 0.29) is 0 Å². The van der Waals surface area contributed by atoms with Gasteiger partial charge in [0, 0.05) is 0 Å². The average Bonchev–Trinajstić information content (AvgIpc) is 3.15. The van der Waals surface area contributed by atoms with Crippen molar-refractivity contribution in [2.45, 2.75) is 137 Å². The topological polar surface area (TPSA) is 57.2 Å². The first kappa shape index (κ1) is 39.3. The number of phenols is 1. The number of aromatic hydroxyl groups is 1. The molecule has 0 radical (unpaired) electrons. The van der Waals surface area contributed by atoms with Crippen LogP contribution in [0.2, 0.25) is 0 Å². The van der Waals surface area contributed by atoms with Crippen molar-refractivity contribution < 1.29 is 24.1 Å². The minimum atomic E-state index is 0.292. The fourth-order valence-corrected chi connectivity index (χ4v) is 7.35. The Labute approximate surface area is 313 Å². The zero-order valence-corrected chi connectivity index (χ0v) is 32.8. The predicted molar refractivity (Wildman–Crippen MR) is 221 cm³/mol. The molecule has 282 valence electrons. The van der Waals surface area contributed by atoms with Crippen LogP contribution in [-0.2, 0) is 0 Å². The summed E-state index contributed by atoms with van der Waals surface area (Å²) in [6, 6.07) is 17.0. The normalized spacial score (nSPS) is 11.6. The smallest absolute Gasteiger partial charge is 0.161 e. The lowest BCUT2D eigenvalue weighted by molar-refractivity contribution is 0.259. The highest BCUT2D eigenvalue weighted by Crippen LogP contribution is 2.48. The van der Waals surface area contributed by atoms with Crippen molar-refractivity contribution in [1.82, 2.24) is 0 Å². The number of unbranched alkanes of at least 4 members (excludes halogenated alkanes) is 12. The Morgan fingerprint density at radius 1 is 0.404 bits per heavy atom. The maximum absolute atomic E-state index is 11.2. The fraction of sp³-hybridized carbons (Fsp3) is 0.532. The summed E-state index contributed by atoms with van der Waals surface area (Å²) in [5.74, 6) is 3.57. The molecule has 52 heavy (non-hydrogen) atoms. The zero-order valence-electron chi connectivity index (χ0n) is 32.8. The van der Waals surface area contributed by atoms with E-state index in [9.17, 15) is 5.11 Å². The maximum atomic E-state index is 11.2. The highest BCUT2D eigenvalue weighted by molar-refractivity contribution is 6.33. The molecule has 5 aromatic rings. The monoisotopic (exact) mass is 708 g/mol. The van der Waals surface area contributed by atoms with Crippen molar-refractivity contribution >= 4 is 43.1 Å². The van der Waals surface area contributed by atoms with Gasteiger partial charge in [0.15, 0.2) is 11.5 Å². The minimum absolute atomic E-state index is 0.292. The second kappa shape index (κ2) is 20.4. The SMILES string of the molecule is CCCCCCOc1cc2c3cc(C)c(O)cc3c3c4cccc(OCCCCCC)c4c(OCCCCCC)cc3c2cc1OCCCCCC. The Morgan fingerprint density at radius 2 is 0.827 bits per heavy atom. The molecule has 0 saturated carbocycles. The van der Waals surface area contributed by atoms with Gasteiger partial charge in [0.05, 0.1) is 31.8 Å². The van der Waals surface area contributed by atoms with Gasteiger partial charge in [0.2, 0.25) is 0 Å². The van der Waals surface area contributed by atoms with E-state index in [1.807, 2.05) is 13.0 Å². The van der Waals surface area contributed by atoms with Crippen LogP contribution in [-0.4, -0.2) is 31.5 Å². The molecule has 5 aromatic carbocycles. The standard InChI is InChI=1S/C47H64O5/c1-6-10-14-18-25-49-42-24-22-23-35-46-39-30-41(48)34(5)29-36(39)37-31-43(50-26-19-15-11-7-2)44(51-27-20-16-12-8-3)32-38(37)40(46)33-45(47(35)42)52-28-21-17-13-9-4/h22-24,29-33,48H,6-21,25-28H2,1-5H3. The largest absolute Gasteiger partial charge is 0.508 e. The van der Waals surface area contributed by atoms with E-state index in [0.29, 0.717) is 32.2 Å². The first-order chi connectivity index (χ1) is 25.5. The molecule has 0 aliphatic rings.